The van der Waals surface area contributed by atoms with E-state index in [1.54, 1.807) is 12.1 Å². The molecule has 2 N–H and O–H groups in total. The van der Waals surface area contributed by atoms with Gasteiger partial charge in [0.2, 0.25) is 5.91 Å². The fourth-order valence-corrected chi connectivity index (χ4v) is 4.08. The fraction of sp³-hybridized carbons (Fsp3) is 0.308. The lowest BCUT2D eigenvalue weighted by Crippen LogP contribution is -2.53. The third kappa shape index (κ3) is 5.22. The summed E-state index contributed by atoms with van der Waals surface area (Å²) in [7, 11) is 0. The van der Waals surface area contributed by atoms with Gasteiger partial charge in [0.1, 0.15) is 29.5 Å². The van der Waals surface area contributed by atoms with Crippen molar-refractivity contribution in [2.75, 3.05) is 11.9 Å². The van der Waals surface area contributed by atoms with Gasteiger partial charge in [0.05, 0.1) is 6.20 Å². The standard InChI is InChI=1S/C26H27FN4O3/c1-26(2,3)23(25(33)30-19-14-29-34-15-19)31-24(32)22-21-7-5-4-6-20(21)17(13-28-22)12-16-8-10-18(27)11-9-16/h4-11,14-15,17,23H,12-13H2,1-3H3,(H,30,33)(H,31,32)/t17?,23-/m1/s1. The average Bonchev–Trinajstić information content (AvgIpc) is 3.31. The molecule has 1 unspecified atom stereocenters. The second kappa shape index (κ2) is 9.59. The van der Waals surface area contributed by atoms with E-state index in [0.29, 0.717) is 24.4 Å². The molecule has 1 aliphatic rings. The molecule has 0 aliphatic carbocycles. The molecule has 0 fully saturated rings. The molecule has 2 aromatic carbocycles. The smallest absolute Gasteiger partial charge is 0.270 e. The molecule has 176 valence electrons. The average molecular weight is 463 g/mol. The van der Waals surface area contributed by atoms with Gasteiger partial charge in [-0.25, -0.2) is 4.39 Å². The highest BCUT2D eigenvalue weighted by molar-refractivity contribution is 6.46. The Kier molecular flexibility index (Phi) is 6.58. The number of aromatic nitrogens is 1. The van der Waals surface area contributed by atoms with E-state index in [0.717, 1.165) is 16.7 Å². The summed E-state index contributed by atoms with van der Waals surface area (Å²) in [6, 6.07) is 13.3. The van der Waals surface area contributed by atoms with Crippen molar-refractivity contribution < 1.29 is 18.5 Å². The molecule has 0 saturated heterocycles. The number of carbonyl (C=O) groups excluding carboxylic acids is 2. The van der Waals surface area contributed by atoms with Crippen LogP contribution in [0, 0.1) is 11.2 Å². The monoisotopic (exact) mass is 462 g/mol. The van der Waals surface area contributed by atoms with E-state index in [-0.39, 0.29) is 17.6 Å². The molecule has 3 aromatic rings. The van der Waals surface area contributed by atoms with Crippen LogP contribution in [0.15, 0.2) is 70.5 Å². The topological polar surface area (TPSA) is 96.6 Å². The van der Waals surface area contributed by atoms with E-state index in [1.165, 1.54) is 24.6 Å². The highest BCUT2D eigenvalue weighted by atomic mass is 19.1. The Morgan fingerprint density at radius 1 is 1.15 bits per heavy atom. The van der Waals surface area contributed by atoms with Crippen LogP contribution in [0.3, 0.4) is 0 Å². The number of benzene rings is 2. The first-order valence-electron chi connectivity index (χ1n) is 11.1. The maximum Gasteiger partial charge on any atom is 0.270 e. The number of nitrogens with zero attached hydrogens (tertiary/aromatic N) is 2. The van der Waals surface area contributed by atoms with E-state index >= 15 is 0 Å². The number of amides is 2. The third-order valence-electron chi connectivity index (χ3n) is 5.84. The number of anilines is 1. The van der Waals surface area contributed by atoms with Gasteiger partial charge in [0.15, 0.2) is 0 Å². The Labute approximate surface area is 197 Å². The first-order chi connectivity index (χ1) is 16.2. The lowest BCUT2D eigenvalue weighted by molar-refractivity contribution is -0.125. The molecular weight excluding hydrogens is 435 g/mol. The molecule has 0 bridgehead atoms. The summed E-state index contributed by atoms with van der Waals surface area (Å²) in [6.45, 7) is 6.05. The molecule has 7 nitrogen and oxygen atoms in total. The molecule has 1 aromatic heterocycles. The van der Waals surface area contributed by atoms with Gasteiger partial charge in [-0.3, -0.25) is 14.6 Å². The second-order valence-corrected chi connectivity index (χ2v) is 9.48. The molecule has 2 heterocycles. The highest BCUT2D eigenvalue weighted by Gasteiger charge is 2.35. The van der Waals surface area contributed by atoms with Crippen molar-refractivity contribution in [1.29, 1.82) is 0 Å². The summed E-state index contributed by atoms with van der Waals surface area (Å²) in [5, 5.41) is 9.18. The van der Waals surface area contributed by atoms with Gasteiger partial charge in [-0.05, 0) is 35.1 Å². The summed E-state index contributed by atoms with van der Waals surface area (Å²) < 4.78 is 18.1. The Balaban J connectivity index is 1.54. The molecule has 0 saturated carbocycles. The molecular formula is C26H27FN4O3. The van der Waals surface area contributed by atoms with Crippen LogP contribution in [-0.2, 0) is 16.0 Å². The van der Waals surface area contributed by atoms with Crippen molar-refractivity contribution in [2.45, 2.75) is 39.2 Å². The molecule has 0 spiro atoms. The van der Waals surface area contributed by atoms with E-state index in [4.69, 9.17) is 4.52 Å². The number of nitrogens with one attached hydrogen (secondary N) is 2. The van der Waals surface area contributed by atoms with Crippen LogP contribution in [0.5, 0.6) is 0 Å². The number of fused-ring (bicyclic) bond motifs is 1. The zero-order chi connectivity index (χ0) is 24.3. The van der Waals surface area contributed by atoms with E-state index in [1.807, 2.05) is 45.0 Å². The van der Waals surface area contributed by atoms with E-state index in [2.05, 4.69) is 20.8 Å². The molecule has 8 heteroatoms. The first kappa shape index (κ1) is 23.4. The lowest BCUT2D eigenvalue weighted by atomic mass is 9.84. The van der Waals surface area contributed by atoms with Crippen molar-refractivity contribution in [1.82, 2.24) is 10.5 Å². The van der Waals surface area contributed by atoms with Crippen molar-refractivity contribution in [3.63, 3.8) is 0 Å². The van der Waals surface area contributed by atoms with Crippen molar-refractivity contribution in [2.24, 2.45) is 10.4 Å². The number of hydrogen-bond donors (Lipinski definition) is 2. The lowest BCUT2D eigenvalue weighted by Gasteiger charge is -2.31. The Morgan fingerprint density at radius 2 is 1.88 bits per heavy atom. The molecule has 34 heavy (non-hydrogen) atoms. The van der Waals surface area contributed by atoms with Crippen LogP contribution in [0.1, 0.15) is 43.4 Å². The minimum Gasteiger partial charge on any atom is -0.363 e. The minimum atomic E-state index is -0.818. The maximum atomic E-state index is 13.3. The summed E-state index contributed by atoms with van der Waals surface area (Å²) in [5.74, 6) is -0.990. The third-order valence-corrected chi connectivity index (χ3v) is 5.84. The SMILES string of the molecule is CC(C)(C)[C@H](NC(=O)C1=NCC(Cc2ccc(F)cc2)c2ccccc21)C(=O)Nc1cnoc1. The van der Waals surface area contributed by atoms with Crippen LogP contribution < -0.4 is 10.6 Å². The number of aliphatic imine (C=N–C) groups is 1. The number of rotatable bonds is 6. The number of carbonyl (C=O) groups is 2. The predicted octanol–water partition coefficient (Wildman–Crippen LogP) is 4.11. The Bertz CT molecular complexity index is 1200. The van der Waals surface area contributed by atoms with E-state index in [9.17, 15) is 14.0 Å². The zero-order valence-corrected chi connectivity index (χ0v) is 19.3. The summed E-state index contributed by atoms with van der Waals surface area (Å²) >= 11 is 0. The van der Waals surface area contributed by atoms with E-state index < -0.39 is 17.4 Å². The number of hydrogen-bond acceptors (Lipinski definition) is 5. The maximum absolute atomic E-state index is 13.3. The largest absolute Gasteiger partial charge is 0.363 e. The number of halogens is 1. The quantitative estimate of drug-likeness (QED) is 0.576. The normalized spacial score (nSPS) is 16.2. The molecule has 1 aliphatic heterocycles. The molecule has 2 amide bonds. The van der Waals surface area contributed by atoms with Gasteiger partial charge < -0.3 is 15.2 Å². The van der Waals surface area contributed by atoms with Crippen LogP contribution in [0.2, 0.25) is 0 Å². The highest BCUT2D eigenvalue weighted by Crippen LogP contribution is 2.30. The molecule has 2 atom stereocenters. The van der Waals surface area contributed by atoms with Crippen molar-refractivity contribution >= 4 is 23.2 Å². The van der Waals surface area contributed by atoms with Crippen molar-refractivity contribution in [3.8, 4) is 0 Å². The minimum absolute atomic E-state index is 0.0634. The predicted molar refractivity (Wildman–Crippen MR) is 127 cm³/mol. The summed E-state index contributed by atoms with van der Waals surface area (Å²) in [4.78, 5) is 30.9. The van der Waals surface area contributed by atoms with Gasteiger partial charge in [0.25, 0.3) is 5.91 Å². The van der Waals surface area contributed by atoms with Gasteiger partial charge in [-0.1, -0.05) is 62.3 Å². The van der Waals surface area contributed by atoms with Crippen LogP contribution >= 0.6 is 0 Å². The van der Waals surface area contributed by atoms with Gasteiger partial charge in [0, 0.05) is 18.0 Å². The zero-order valence-electron chi connectivity index (χ0n) is 19.3. The summed E-state index contributed by atoms with van der Waals surface area (Å²) in [6.07, 6.45) is 3.39. The van der Waals surface area contributed by atoms with Crippen LogP contribution in [0.25, 0.3) is 0 Å². The van der Waals surface area contributed by atoms with Crippen molar-refractivity contribution in [3.05, 3.63) is 83.5 Å². The van der Waals surface area contributed by atoms with Crippen LogP contribution in [-0.4, -0.2) is 35.3 Å². The summed E-state index contributed by atoms with van der Waals surface area (Å²) in [5.41, 5.74) is 2.91. The first-order valence-corrected chi connectivity index (χ1v) is 11.1. The Hall–Kier alpha value is -3.81. The Morgan fingerprint density at radius 3 is 2.56 bits per heavy atom. The second-order valence-electron chi connectivity index (χ2n) is 9.48. The van der Waals surface area contributed by atoms with Gasteiger partial charge in [-0.2, -0.15) is 0 Å². The fourth-order valence-electron chi connectivity index (χ4n) is 4.08. The van der Waals surface area contributed by atoms with Gasteiger partial charge in [-0.15, -0.1) is 0 Å². The molecule has 0 radical (unpaired) electrons. The van der Waals surface area contributed by atoms with Gasteiger partial charge >= 0.3 is 0 Å². The van der Waals surface area contributed by atoms with Crippen LogP contribution in [0.4, 0.5) is 10.1 Å². The molecule has 4 rings (SSSR count).